The van der Waals surface area contributed by atoms with Crippen LogP contribution < -0.4 is 9.47 Å². The molecule has 1 aliphatic rings. The molecule has 0 aromatic heterocycles. The summed E-state index contributed by atoms with van der Waals surface area (Å²) < 4.78 is 11.4. The van der Waals surface area contributed by atoms with Crippen LogP contribution in [0, 0.1) is 0 Å². The van der Waals surface area contributed by atoms with Gasteiger partial charge < -0.3 is 14.6 Å². The Balaban J connectivity index is 1.73. The van der Waals surface area contributed by atoms with Crippen LogP contribution in [0.2, 0.25) is 0 Å². The first-order valence-electron chi connectivity index (χ1n) is 6.49. The first-order valence-corrected chi connectivity index (χ1v) is 7.41. The molecule has 4 heteroatoms. The van der Waals surface area contributed by atoms with Crippen molar-refractivity contribution < 1.29 is 14.6 Å². The summed E-state index contributed by atoms with van der Waals surface area (Å²) in [6.07, 6.45) is -0.540. The second kappa shape index (κ2) is 5.85. The molecule has 2 atom stereocenters. The van der Waals surface area contributed by atoms with E-state index >= 15 is 0 Å². The zero-order chi connectivity index (χ0) is 13.9. The minimum atomic E-state index is -0.540. The van der Waals surface area contributed by atoms with Crippen molar-refractivity contribution in [2.75, 3.05) is 6.61 Å². The third-order valence-corrected chi connectivity index (χ3v) is 4.06. The minimum Gasteiger partial charge on any atom is -0.492 e. The Bertz CT molecular complexity index is 586. The molecular formula is C16H15BrO3. The van der Waals surface area contributed by atoms with E-state index < -0.39 is 6.10 Å². The molecule has 20 heavy (non-hydrogen) atoms. The number of benzene rings is 2. The highest BCUT2D eigenvalue weighted by atomic mass is 79.9. The topological polar surface area (TPSA) is 38.7 Å². The van der Waals surface area contributed by atoms with E-state index in [2.05, 4.69) is 15.9 Å². The minimum absolute atomic E-state index is 0.0638. The fourth-order valence-corrected chi connectivity index (χ4v) is 2.59. The summed E-state index contributed by atoms with van der Waals surface area (Å²) in [5.74, 6) is 1.44. The molecule has 0 amide bonds. The fraction of sp³-hybridized carbons (Fsp3) is 0.250. The number of aliphatic hydroxyl groups excluding tert-OH is 1. The molecule has 1 aliphatic heterocycles. The van der Waals surface area contributed by atoms with Gasteiger partial charge in [0.25, 0.3) is 0 Å². The monoisotopic (exact) mass is 334 g/mol. The quantitative estimate of drug-likeness (QED) is 0.873. The lowest BCUT2D eigenvalue weighted by atomic mass is 10.0. The predicted molar refractivity (Wildman–Crippen MR) is 80.4 cm³/mol. The first kappa shape index (κ1) is 13.5. The Morgan fingerprint density at radius 3 is 2.80 bits per heavy atom. The van der Waals surface area contributed by atoms with Crippen LogP contribution in [-0.4, -0.2) is 16.5 Å². The van der Waals surface area contributed by atoms with Crippen LogP contribution in [0.25, 0.3) is 0 Å². The number of rotatable bonds is 3. The van der Waals surface area contributed by atoms with Crippen molar-refractivity contribution in [3.63, 3.8) is 0 Å². The van der Waals surface area contributed by atoms with Crippen LogP contribution in [-0.2, 0) is 6.61 Å². The number of hydrogen-bond donors (Lipinski definition) is 1. The lowest BCUT2D eigenvalue weighted by Gasteiger charge is -2.26. The van der Waals surface area contributed by atoms with Gasteiger partial charge in [-0.2, -0.15) is 0 Å². The Morgan fingerprint density at radius 1 is 1.20 bits per heavy atom. The maximum Gasteiger partial charge on any atom is 0.128 e. The molecule has 0 saturated carbocycles. The van der Waals surface area contributed by atoms with Gasteiger partial charge in [-0.15, -0.1) is 0 Å². The summed E-state index contributed by atoms with van der Waals surface area (Å²) in [6.45, 7) is 0.972. The highest BCUT2D eigenvalue weighted by Crippen LogP contribution is 2.37. The Morgan fingerprint density at radius 2 is 2.00 bits per heavy atom. The Hall–Kier alpha value is -1.52. The van der Waals surface area contributed by atoms with E-state index in [1.54, 1.807) is 0 Å². The normalized spacial score (nSPS) is 20.9. The number of halogens is 1. The van der Waals surface area contributed by atoms with Gasteiger partial charge in [-0.05, 0) is 17.7 Å². The van der Waals surface area contributed by atoms with Crippen molar-refractivity contribution in [2.45, 2.75) is 17.5 Å². The molecular weight excluding hydrogens is 320 g/mol. The van der Waals surface area contributed by atoms with Gasteiger partial charge in [0.05, 0.1) is 10.9 Å². The van der Waals surface area contributed by atoms with Crippen molar-refractivity contribution in [2.24, 2.45) is 0 Å². The van der Waals surface area contributed by atoms with Crippen LogP contribution in [0.5, 0.6) is 11.5 Å². The molecule has 2 aromatic carbocycles. The van der Waals surface area contributed by atoms with E-state index in [9.17, 15) is 5.11 Å². The molecule has 1 N–H and O–H groups in total. The molecule has 0 saturated heterocycles. The summed E-state index contributed by atoms with van der Waals surface area (Å²) in [5, 5.41) is 10.1. The average molecular weight is 335 g/mol. The zero-order valence-electron chi connectivity index (χ0n) is 10.8. The van der Waals surface area contributed by atoms with E-state index in [1.807, 2.05) is 48.5 Å². The highest BCUT2D eigenvalue weighted by molar-refractivity contribution is 9.09. The number of aliphatic hydroxyl groups is 1. The average Bonchev–Trinajstić information content (AvgIpc) is 2.50. The van der Waals surface area contributed by atoms with Gasteiger partial charge >= 0.3 is 0 Å². The molecule has 3 nitrogen and oxygen atoms in total. The SMILES string of the molecule is OC1c2ccc(OCc3ccccc3)cc2OCC1Br. The smallest absolute Gasteiger partial charge is 0.128 e. The molecule has 2 aromatic rings. The van der Waals surface area contributed by atoms with Crippen LogP contribution >= 0.6 is 15.9 Å². The van der Waals surface area contributed by atoms with E-state index in [0.717, 1.165) is 16.9 Å². The summed E-state index contributed by atoms with van der Waals surface area (Å²) in [7, 11) is 0. The molecule has 0 fully saturated rings. The van der Waals surface area contributed by atoms with Crippen molar-refractivity contribution in [3.05, 3.63) is 59.7 Å². The van der Waals surface area contributed by atoms with Crippen molar-refractivity contribution >= 4 is 15.9 Å². The summed E-state index contributed by atoms with van der Waals surface area (Å²) in [6, 6.07) is 15.5. The third kappa shape index (κ3) is 2.81. The van der Waals surface area contributed by atoms with Crippen molar-refractivity contribution in [1.29, 1.82) is 0 Å². The third-order valence-electron chi connectivity index (χ3n) is 3.29. The van der Waals surface area contributed by atoms with Gasteiger partial charge in [-0.25, -0.2) is 0 Å². The number of alkyl halides is 1. The van der Waals surface area contributed by atoms with E-state index in [1.165, 1.54) is 0 Å². The van der Waals surface area contributed by atoms with Gasteiger partial charge in [0, 0.05) is 11.6 Å². The molecule has 0 aliphatic carbocycles. The van der Waals surface area contributed by atoms with E-state index in [-0.39, 0.29) is 4.83 Å². The Labute approximate surface area is 126 Å². The van der Waals surface area contributed by atoms with Gasteiger partial charge in [-0.1, -0.05) is 46.3 Å². The lowest BCUT2D eigenvalue weighted by Crippen LogP contribution is -2.25. The van der Waals surface area contributed by atoms with Gasteiger partial charge in [0.1, 0.15) is 24.7 Å². The van der Waals surface area contributed by atoms with Crippen molar-refractivity contribution in [1.82, 2.24) is 0 Å². The van der Waals surface area contributed by atoms with E-state index in [0.29, 0.717) is 19.0 Å². The predicted octanol–water partition coefficient (Wildman–Crippen LogP) is 3.45. The Kier molecular flexibility index (Phi) is 3.94. The molecule has 2 unspecified atom stereocenters. The number of fused-ring (bicyclic) bond motifs is 1. The highest BCUT2D eigenvalue weighted by Gasteiger charge is 2.27. The van der Waals surface area contributed by atoms with Crippen LogP contribution in [0.3, 0.4) is 0 Å². The maximum atomic E-state index is 10.1. The molecule has 0 spiro atoms. The number of hydrogen-bond acceptors (Lipinski definition) is 3. The van der Waals surface area contributed by atoms with Gasteiger partial charge in [-0.3, -0.25) is 0 Å². The molecule has 0 bridgehead atoms. The van der Waals surface area contributed by atoms with Gasteiger partial charge in [0.15, 0.2) is 0 Å². The van der Waals surface area contributed by atoms with Crippen LogP contribution in [0.15, 0.2) is 48.5 Å². The molecule has 1 heterocycles. The zero-order valence-corrected chi connectivity index (χ0v) is 12.4. The largest absolute Gasteiger partial charge is 0.492 e. The molecule has 0 radical (unpaired) electrons. The maximum absolute atomic E-state index is 10.1. The van der Waals surface area contributed by atoms with Crippen LogP contribution in [0.1, 0.15) is 17.2 Å². The first-order chi connectivity index (χ1) is 9.74. The standard InChI is InChI=1S/C16H15BrO3/c17-14-10-20-15-8-12(6-7-13(15)16(14)18)19-9-11-4-2-1-3-5-11/h1-8,14,16,18H,9-10H2. The fourth-order valence-electron chi connectivity index (χ4n) is 2.17. The van der Waals surface area contributed by atoms with Crippen molar-refractivity contribution in [3.8, 4) is 11.5 Å². The van der Waals surface area contributed by atoms with E-state index in [4.69, 9.17) is 9.47 Å². The summed E-state index contributed by atoms with van der Waals surface area (Å²) in [5.41, 5.74) is 1.91. The number of ether oxygens (including phenoxy) is 2. The lowest BCUT2D eigenvalue weighted by molar-refractivity contribution is 0.124. The second-order valence-corrected chi connectivity index (χ2v) is 5.92. The molecule has 3 rings (SSSR count). The van der Waals surface area contributed by atoms with Crippen LogP contribution in [0.4, 0.5) is 0 Å². The van der Waals surface area contributed by atoms with Gasteiger partial charge in [0.2, 0.25) is 0 Å². The second-order valence-electron chi connectivity index (χ2n) is 4.75. The molecule has 104 valence electrons. The summed E-state index contributed by atoms with van der Waals surface area (Å²) >= 11 is 3.40. The summed E-state index contributed by atoms with van der Waals surface area (Å²) in [4.78, 5) is -0.0638.